The van der Waals surface area contributed by atoms with Gasteiger partial charge in [0.2, 0.25) is 0 Å². The lowest BCUT2D eigenvalue weighted by Gasteiger charge is -2.21. The van der Waals surface area contributed by atoms with E-state index in [1.807, 2.05) is 0 Å². The minimum atomic E-state index is -1.20. The normalized spacial score (nSPS) is 18.8. The van der Waals surface area contributed by atoms with Crippen LogP contribution in [0.4, 0.5) is 0 Å². The zero-order valence-corrected chi connectivity index (χ0v) is 7.14. The van der Waals surface area contributed by atoms with Crippen LogP contribution in [0.25, 0.3) is 0 Å². The maximum Gasteiger partial charge on any atom is 0.107 e. The summed E-state index contributed by atoms with van der Waals surface area (Å²) in [6, 6.07) is 0. The van der Waals surface area contributed by atoms with Crippen molar-refractivity contribution in [1.82, 2.24) is 5.32 Å². The molecule has 0 aromatic heterocycles. The quantitative estimate of drug-likeness (QED) is 0.315. The Kier molecular flexibility index (Phi) is 6.23. The van der Waals surface area contributed by atoms with Crippen LogP contribution in [0.1, 0.15) is 6.42 Å². The van der Waals surface area contributed by atoms with Gasteiger partial charge in [-0.1, -0.05) is 0 Å². The molecule has 0 saturated heterocycles. The fourth-order valence-corrected chi connectivity index (χ4v) is 0.889. The molecular weight excluding hydrogens is 162 g/mol. The highest BCUT2D eigenvalue weighted by Gasteiger charge is 2.23. The standard InChI is InChI=1S/C7H17NO4/c1-8-4-6(11)7(12)5(10)2-3-9/h5-12H,2-4H2,1H3/t5?,6?,7-/m0/s1. The summed E-state index contributed by atoms with van der Waals surface area (Å²) in [5.74, 6) is 0. The Hall–Kier alpha value is -0.200. The molecule has 5 nitrogen and oxygen atoms in total. The molecule has 74 valence electrons. The average Bonchev–Trinajstić information content (AvgIpc) is 2.04. The van der Waals surface area contributed by atoms with Crippen LogP contribution in [0.2, 0.25) is 0 Å². The summed E-state index contributed by atoms with van der Waals surface area (Å²) < 4.78 is 0. The van der Waals surface area contributed by atoms with Crippen molar-refractivity contribution in [3.8, 4) is 0 Å². The first-order chi connectivity index (χ1) is 5.63. The first-order valence-electron chi connectivity index (χ1n) is 3.93. The predicted octanol–water partition coefficient (Wildman–Crippen LogP) is -2.33. The minimum Gasteiger partial charge on any atom is -0.396 e. The molecule has 0 fully saturated rings. The first kappa shape index (κ1) is 11.8. The lowest BCUT2D eigenvalue weighted by atomic mass is 10.1. The molecule has 0 spiro atoms. The van der Waals surface area contributed by atoms with Crippen molar-refractivity contribution in [3.05, 3.63) is 0 Å². The van der Waals surface area contributed by atoms with E-state index in [0.29, 0.717) is 0 Å². The topological polar surface area (TPSA) is 93.0 Å². The molecule has 0 bridgehead atoms. The van der Waals surface area contributed by atoms with Crippen molar-refractivity contribution in [2.75, 3.05) is 20.2 Å². The van der Waals surface area contributed by atoms with Crippen LogP contribution in [0.5, 0.6) is 0 Å². The van der Waals surface area contributed by atoms with Crippen LogP contribution >= 0.6 is 0 Å². The fourth-order valence-electron chi connectivity index (χ4n) is 0.889. The van der Waals surface area contributed by atoms with Gasteiger partial charge in [-0.05, 0) is 13.5 Å². The Morgan fingerprint density at radius 1 is 1.17 bits per heavy atom. The van der Waals surface area contributed by atoms with Gasteiger partial charge in [-0.15, -0.1) is 0 Å². The van der Waals surface area contributed by atoms with E-state index in [2.05, 4.69) is 5.32 Å². The van der Waals surface area contributed by atoms with Gasteiger partial charge in [0.1, 0.15) is 6.10 Å². The van der Waals surface area contributed by atoms with Gasteiger partial charge in [-0.25, -0.2) is 0 Å². The van der Waals surface area contributed by atoms with E-state index < -0.39 is 18.3 Å². The lowest BCUT2D eigenvalue weighted by Crippen LogP contribution is -2.42. The molecule has 0 aromatic rings. The fraction of sp³-hybridized carbons (Fsp3) is 1.00. The molecule has 2 unspecified atom stereocenters. The average molecular weight is 179 g/mol. The monoisotopic (exact) mass is 179 g/mol. The van der Waals surface area contributed by atoms with E-state index >= 15 is 0 Å². The van der Waals surface area contributed by atoms with E-state index in [0.717, 1.165) is 0 Å². The number of likely N-dealkylation sites (N-methyl/N-ethyl adjacent to an activating group) is 1. The van der Waals surface area contributed by atoms with Crippen molar-refractivity contribution in [2.24, 2.45) is 0 Å². The highest BCUT2D eigenvalue weighted by atomic mass is 16.4. The molecule has 0 saturated carbocycles. The highest BCUT2D eigenvalue weighted by Crippen LogP contribution is 2.02. The molecule has 5 N–H and O–H groups in total. The lowest BCUT2D eigenvalue weighted by molar-refractivity contribution is -0.0638. The summed E-state index contributed by atoms with van der Waals surface area (Å²) in [6.45, 7) is 0.00809. The third-order valence-corrected chi connectivity index (χ3v) is 1.63. The van der Waals surface area contributed by atoms with Gasteiger partial charge in [0.25, 0.3) is 0 Å². The van der Waals surface area contributed by atoms with E-state index in [-0.39, 0.29) is 19.6 Å². The van der Waals surface area contributed by atoms with Crippen LogP contribution in [0.15, 0.2) is 0 Å². The SMILES string of the molecule is CNCC(O)[C@@H](O)C(O)CCO. The van der Waals surface area contributed by atoms with Gasteiger partial charge in [0.05, 0.1) is 12.2 Å². The largest absolute Gasteiger partial charge is 0.396 e. The zero-order valence-electron chi connectivity index (χ0n) is 7.14. The predicted molar refractivity (Wildman–Crippen MR) is 43.6 cm³/mol. The van der Waals surface area contributed by atoms with Crippen LogP contribution in [0.3, 0.4) is 0 Å². The van der Waals surface area contributed by atoms with Crippen LogP contribution in [0, 0.1) is 0 Å². The van der Waals surface area contributed by atoms with Gasteiger partial charge in [-0.3, -0.25) is 0 Å². The molecule has 0 aliphatic carbocycles. The number of aliphatic hydroxyl groups excluding tert-OH is 4. The van der Waals surface area contributed by atoms with Gasteiger partial charge in [-0.2, -0.15) is 0 Å². The van der Waals surface area contributed by atoms with Crippen molar-refractivity contribution in [2.45, 2.75) is 24.7 Å². The first-order valence-corrected chi connectivity index (χ1v) is 3.93. The summed E-state index contributed by atoms with van der Waals surface area (Å²) >= 11 is 0. The molecule has 12 heavy (non-hydrogen) atoms. The smallest absolute Gasteiger partial charge is 0.107 e. The molecule has 0 aromatic carbocycles. The third-order valence-electron chi connectivity index (χ3n) is 1.63. The molecule has 3 atom stereocenters. The molecule has 0 rings (SSSR count). The van der Waals surface area contributed by atoms with Crippen molar-refractivity contribution >= 4 is 0 Å². The molecule has 5 heteroatoms. The van der Waals surface area contributed by atoms with Crippen LogP contribution < -0.4 is 5.32 Å². The summed E-state index contributed by atoms with van der Waals surface area (Å²) in [6.07, 6.45) is -3.21. The highest BCUT2D eigenvalue weighted by molar-refractivity contribution is 4.75. The summed E-state index contributed by atoms with van der Waals surface area (Å²) in [7, 11) is 1.63. The van der Waals surface area contributed by atoms with Gasteiger partial charge in [0.15, 0.2) is 0 Å². The van der Waals surface area contributed by atoms with E-state index in [1.54, 1.807) is 7.05 Å². The van der Waals surface area contributed by atoms with E-state index in [9.17, 15) is 5.11 Å². The summed E-state index contributed by atoms with van der Waals surface area (Å²) in [5, 5.41) is 38.6. The summed E-state index contributed by atoms with van der Waals surface area (Å²) in [4.78, 5) is 0. The molecule has 0 heterocycles. The Labute approximate surface area is 71.7 Å². The Morgan fingerprint density at radius 2 is 1.75 bits per heavy atom. The van der Waals surface area contributed by atoms with Crippen LogP contribution in [-0.2, 0) is 0 Å². The van der Waals surface area contributed by atoms with Gasteiger partial charge in [0, 0.05) is 13.2 Å². The maximum atomic E-state index is 9.20. The second kappa shape index (κ2) is 6.33. The Balaban J connectivity index is 3.73. The van der Waals surface area contributed by atoms with Crippen molar-refractivity contribution in [1.29, 1.82) is 0 Å². The van der Waals surface area contributed by atoms with Crippen molar-refractivity contribution in [3.63, 3.8) is 0 Å². The van der Waals surface area contributed by atoms with Gasteiger partial charge >= 0.3 is 0 Å². The Bertz CT molecular complexity index is 99.6. The molecule has 0 amide bonds. The van der Waals surface area contributed by atoms with Gasteiger partial charge < -0.3 is 25.7 Å². The molecule has 0 aliphatic rings. The second-order valence-electron chi connectivity index (χ2n) is 2.70. The minimum absolute atomic E-state index is 0.0714. The van der Waals surface area contributed by atoms with Crippen molar-refractivity contribution < 1.29 is 20.4 Å². The molecular formula is C7H17NO4. The summed E-state index contributed by atoms with van der Waals surface area (Å²) in [5.41, 5.74) is 0. The number of nitrogens with one attached hydrogen (secondary N) is 1. The molecule has 0 aliphatic heterocycles. The number of rotatable bonds is 6. The van der Waals surface area contributed by atoms with E-state index in [4.69, 9.17) is 15.3 Å². The Morgan fingerprint density at radius 3 is 2.17 bits per heavy atom. The zero-order chi connectivity index (χ0) is 9.56. The third kappa shape index (κ3) is 3.99. The van der Waals surface area contributed by atoms with E-state index in [1.165, 1.54) is 0 Å². The molecule has 0 radical (unpaired) electrons. The maximum absolute atomic E-state index is 9.20. The number of aliphatic hydroxyl groups is 4. The second-order valence-corrected chi connectivity index (χ2v) is 2.70. The number of hydrogen-bond acceptors (Lipinski definition) is 5. The van der Waals surface area contributed by atoms with Crippen LogP contribution in [-0.4, -0.2) is 58.9 Å². The number of hydrogen-bond donors (Lipinski definition) is 5.